The number of carbonyl (C=O) groups excluding carboxylic acids is 3. The molecule has 0 saturated carbocycles. The summed E-state index contributed by atoms with van der Waals surface area (Å²) < 4.78 is 37.3. The Balaban J connectivity index is 0.984. The molecule has 14 nitrogen and oxygen atoms in total. The number of amides is 3. The lowest BCUT2D eigenvalue weighted by Crippen LogP contribution is -2.54. The first-order chi connectivity index (χ1) is 25.7. The second-order valence-corrected chi connectivity index (χ2v) is 14.3. The van der Waals surface area contributed by atoms with Gasteiger partial charge in [0.1, 0.15) is 35.0 Å². The lowest BCUT2D eigenvalue weighted by Gasteiger charge is -2.29. The van der Waals surface area contributed by atoms with E-state index in [0.717, 1.165) is 59.8 Å². The van der Waals surface area contributed by atoms with Crippen LogP contribution in [0, 0.1) is 5.82 Å². The minimum atomic E-state index is -0.870. The lowest BCUT2D eigenvalue weighted by molar-refractivity contribution is -0.134. The Morgan fingerprint density at radius 1 is 0.943 bits per heavy atom. The number of aliphatic imine (C=N–C) groups is 2. The van der Waals surface area contributed by atoms with Gasteiger partial charge < -0.3 is 44.7 Å². The molecule has 2 aromatic carbocycles. The smallest absolute Gasteiger partial charge is 0.407 e. The van der Waals surface area contributed by atoms with Crippen LogP contribution in [0.15, 0.2) is 40.3 Å². The number of alkyl carbamates (subject to hydrolysis) is 1. The number of likely N-dealkylation sites (tertiary alicyclic amines) is 2. The summed E-state index contributed by atoms with van der Waals surface area (Å²) in [4.78, 5) is 51.4. The maximum absolute atomic E-state index is 15.8. The van der Waals surface area contributed by atoms with Crippen molar-refractivity contribution in [2.75, 3.05) is 54.1 Å². The number of ether oxygens (including phenoxy) is 4. The number of carbonyl (C=O) groups is 3. The van der Waals surface area contributed by atoms with E-state index in [1.807, 2.05) is 24.0 Å². The van der Waals surface area contributed by atoms with Gasteiger partial charge in [0.15, 0.2) is 0 Å². The van der Waals surface area contributed by atoms with Crippen molar-refractivity contribution in [2.45, 2.75) is 81.8 Å². The van der Waals surface area contributed by atoms with Crippen LogP contribution >= 0.6 is 0 Å². The molecule has 0 spiro atoms. The molecular weight excluding hydrogens is 685 g/mol. The van der Waals surface area contributed by atoms with Gasteiger partial charge in [-0.2, -0.15) is 0 Å². The lowest BCUT2D eigenvalue weighted by atomic mass is 9.94. The van der Waals surface area contributed by atoms with Crippen LogP contribution in [0.4, 0.5) is 9.18 Å². The van der Waals surface area contributed by atoms with Crippen molar-refractivity contribution >= 4 is 29.6 Å². The van der Waals surface area contributed by atoms with Crippen molar-refractivity contribution in [3.8, 4) is 11.5 Å². The van der Waals surface area contributed by atoms with Crippen molar-refractivity contribution < 1.29 is 37.7 Å². The van der Waals surface area contributed by atoms with Crippen molar-refractivity contribution in [3.63, 3.8) is 0 Å². The molecule has 53 heavy (non-hydrogen) atoms. The van der Waals surface area contributed by atoms with Gasteiger partial charge in [0.25, 0.3) is 0 Å². The van der Waals surface area contributed by atoms with Gasteiger partial charge >= 0.3 is 6.09 Å². The number of amidine groups is 2. The Morgan fingerprint density at radius 2 is 1.62 bits per heavy atom. The van der Waals surface area contributed by atoms with Gasteiger partial charge in [-0.05, 0) is 68.0 Å². The third-order valence-electron chi connectivity index (χ3n) is 10.9. The van der Waals surface area contributed by atoms with Gasteiger partial charge in [-0.15, -0.1) is 0 Å². The summed E-state index contributed by atoms with van der Waals surface area (Å²) in [7, 11) is 4.33. The molecule has 2 saturated heterocycles. The van der Waals surface area contributed by atoms with Crippen LogP contribution in [0.25, 0.3) is 0 Å². The van der Waals surface area contributed by atoms with E-state index in [0.29, 0.717) is 50.3 Å². The SMILES string of the molecule is COC[C@H](NC(=O)OC)C(=O)N1CCC[C@H]1C1=NCC(c2ccc3c(c2)Cc2cc(F)c(C4CN=C([C@@H]5CCCN5C(=O)C[C@@H](C)OC)N4)cc2O3)N1. The van der Waals surface area contributed by atoms with E-state index in [1.54, 1.807) is 24.1 Å². The summed E-state index contributed by atoms with van der Waals surface area (Å²) in [5.41, 5.74) is 3.21. The van der Waals surface area contributed by atoms with Crippen molar-refractivity contribution in [2.24, 2.45) is 9.98 Å². The number of benzene rings is 2. The molecule has 15 heteroatoms. The zero-order valence-corrected chi connectivity index (χ0v) is 30.7. The normalized spacial score (nSPS) is 24.2. The zero-order valence-electron chi connectivity index (χ0n) is 30.7. The highest BCUT2D eigenvalue weighted by Crippen LogP contribution is 2.41. The van der Waals surface area contributed by atoms with E-state index in [1.165, 1.54) is 14.2 Å². The van der Waals surface area contributed by atoms with Crippen LogP contribution in [0.3, 0.4) is 0 Å². The second kappa shape index (κ2) is 15.7. The fourth-order valence-corrected chi connectivity index (χ4v) is 8.03. The van der Waals surface area contributed by atoms with E-state index in [2.05, 4.69) is 22.0 Å². The number of methoxy groups -OCH3 is 3. The molecular formula is C38H48FN7O7. The summed E-state index contributed by atoms with van der Waals surface area (Å²) >= 11 is 0. The van der Waals surface area contributed by atoms with Gasteiger partial charge in [0, 0.05) is 44.9 Å². The fourth-order valence-electron chi connectivity index (χ4n) is 8.03. The number of hydrogen-bond donors (Lipinski definition) is 3. The van der Waals surface area contributed by atoms with Crippen LogP contribution < -0.4 is 20.7 Å². The number of nitrogens with one attached hydrogen (secondary N) is 3. The van der Waals surface area contributed by atoms with Crippen LogP contribution in [0.5, 0.6) is 11.5 Å². The first-order valence-corrected chi connectivity index (χ1v) is 18.4. The van der Waals surface area contributed by atoms with Crippen LogP contribution in [0.2, 0.25) is 0 Å². The van der Waals surface area contributed by atoms with Crippen molar-refractivity contribution in [1.29, 1.82) is 0 Å². The minimum absolute atomic E-state index is 0.0238. The molecule has 3 amide bonds. The van der Waals surface area contributed by atoms with E-state index in [-0.39, 0.29) is 54.5 Å². The third kappa shape index (κ3) is 7.54. The first kappa shape index (κ1) is 36.6. The molecule has 2 aromatic rings. The summed E-state index contributed by atoms with van der Waals surface area (Å²) in [6.07, 6.45) is 3.23. The molecule has 5 heterocycles. The quantitative estimate of drug-likeness (QED) is 0.269. The van der Waals surface area contributed by atoms with E-state index < -0.39 is 12.1 Å². The monoisotopic (exact) mass is 733 g/mol. The molecule has 3 N–H and O–H groups in total. The van der Waals surface area contributed by atoms with Gasteiger partial charge in [-0.1, -0.05) is 6.07 Å². The molecule has 0 radical (unpaired) electrons. The molecule has 0 bridgehead atoms. The van der Waals surface area contributed by atoms with E-state index >= 15 is 4.39 Å². The highest BCUT2D eigenvalue weighted by atomic mass is 19.1. The topological polar surface area (TPSA) is 155 Å². The zero-order chi connectivity index (χ0) is 37.2. The van der Waals surface area contributed by atoms with Gasteiger partial charge in [0.2, 0.25) is 11.8 Å². The predicted octanol–water partition coefficient (Wildman–Crippen LogP) is 3.39. The fraction of sp³-hybridized carbons (Fsp3) is 0.553. The third-order valence-corrected chi connectivity index (χ3v) is 10.9. The molecule has 2 unspecified atom stereocenters. The molecule has 6 atom stereocenters. The average molecular weight is 734 g/mol. The standard InChI is InChI=1S/C38H48FN7O7/c1-21(51-3)13-34(47)45-11-5-7-30(45)35-41-19-28(43-35)25-17-33-24(16-26(25)39)15-23-14-22(9-10-32(23)53-33)27-18-40-36(42-27)31-8-6-12-46(31)37(48)29(20-50-2)44-38(49)52-4/h9-10,14,16-17,21,27-31H,5-8,11-13,15,18-20H2,1-4H3,(H,40,42)(H,41,43)(H,44,49)/t21-,27?,28?,29+,30+,31+/m1/s1. The Kier molecular flexibility index (Phi) is 10.8. The number of halogens is 1. The van der Waals surface area contributed by atoms with Crippen LogP contribution in [0.1, 0.15) is 73.4 Å². The van der Waals surface area contributed by atoms with Crippen LogP contribution in [-0.4, -0.2) is 118 Å². The Labute approximate surface area is 308 Å². The molecule has 5 aliphatic heterocycles. The highest BCUT2D eigenvalue weighted by molar-refractivity contribution is 5.95. The summed E-state index contributed by atoms with van der Waals surface area (Å²) in [6, 6.07) is 7.65. The Hall–Kier alpha value is -4.76. The van der Waals surface area contributed by atoms with Crippen molar-refractivity contribution in [3.05, 3.63) is 58.4 Å². The second-order valence-electron chi connectivity index (χ2n) is 14.3. The molecule has 0 aromatic heterocycles. The van der Waals surface area contributed by atoms with Gasteiger partial charge in [0.05, 0.1) is 63.5 Å². The minimum Gasteiger partial charge on any atom is -0.457 e. The summed E-state index contributed by atoms with van der Waals surface area (Å²) in [5, 5.41) is 9.54. The molecule has 0 aliphatic carbocycles. The van der Waals surface area contributed by atoms with Crippen LogP contribution in [-0.2, 0) is 30.2 Å². The van der Waals surface area contributed by atoms with Crippen molar-refractivity contribution in [1.82, 2.24) is 25.8 Å². The Bertz CT molecular complexity index is 1800. The molecule has 284 valence electrons. The summed E-state index contributed by atoms with van der Waals surface area (Å²) in [6.45, 7) is 4.00. The largest absolute Gasteiger partial charge is 0.457 e. The number of rotatable bonds is 11. The first-order valence-electron chi connectivity index (χ1n) is 18.4. The predicted molar refractivity (Wildman–Crippen MR) is 194 cm³/mol. The maximum atomic E-state index is 15.8. The Morgan fingerprint density at radius 3 is 2.34 bits per heavy atom. The highest BCUT2D eigenvalue weighted by Gasteiger charge is 2.40. The number of fused-ring (bicyclic) bond motifs is 2. The van der Waals surface area contributed by atoms with Gasteiger partial charge in [-0.25, -0.2) is 9.18 Å². The maximum Gasteiger partial charge on any atom is 0.407 e. The number of hydrogen-bond acceptors (Lipinski definition) is 11. The number of nitrogens with zero attached hydrogens (tertiary/aromatic N) is 4. The summed E-state index contributed by atoms with van der Waals surface area (Å²) in [5.74, 6) is 2.27. The van der Waals surface area contributed by atoms with E-state index in [9.17, 15) is 14.4 Å². The van der Waals surface area contributed by atoms with Gasteiger partial charge in [-0.3, -0.25) is 19.6 Å². The molecule has 5 aliphatic rings. The average Bonchev–Trinajstić information content (AvgIpc) is 3.99. The molecule has 7 rings (SSSR count). The molecule has 2 fully saturated rings. The van der Waals surface area contributed by atoms with E-state index in [4.69, 9.17) is 28.9 Å².